The largest absolute Gasteiger partial charge is 0.490 e. The van der Waals surface area contributed by atoms with Gasteiger partial charge in [0.15, 0.2) is 23.3 Å². The second kappa shape index (κ2) is 11.0. The molecule has 0 fully saturated rings. The van der Waals surface area contributed by atoms with Gasteiger partial charge in [0.1, 0.15) is 0 Å². The van der Waals surface area contributed by atoms with E-state index in [0.717, 1.165) is 11.8 Å². The van der Waals surface area contributed by atoms with Crippen LogP contribution in [0.15, 0.2) is 56.8 Å². The van der Waals surface area contributed by atoms with E-state index in [4.69, 9.17) is 9.47 Å². The minimum atomic E-state index is -0.439. The van der Waals surface area contributed by atoms with Gasteiger partial charge in [0, 0.05) is 12.6 Å². The number of carbonyl (C=O) groups is 3. The number of para-hydroxylation sites is 1. The Labute approximate surface area is 197 Å². The number of amidine groups is 1. The number of ether oxygens (including phenoxy) is 2. The molecule has 0 saturated carbocycles. The summed E-state index contributed by atoms with van der Waals surface area (Å²) in [5.74, 6) is -0.264. The molecule has 2 aromatic rings. The van der Waals surface area contributed by atoms with Crippen LogP contribution in [0.4, 0.5) is 5.69 Å². The van der Waals surface area contributed by atoms with E-state index in [1.807, 2.05) is 25.1 Å². The first-order chi connectivity index (χ1) is 15.4. The lowest BCUT2D eigenvalue weighted by Crippen LogP contribution is -2.23. The average Bonchev–Trinajstić information content (AvgIpc) is 3.06. The molecule has 1 heterocycles. The Bertz CT molecular complexity index is 1100. The van der Waals surface area contributed by atoms with Crippen molar-refractivity contribution in [3.63, 3.8) is 0 Å². The van der Waals surface area contributed by atoms with E-state index in [1.165, 1.54) is 6.92 Å². The lowest BCUT2D eigenvalue weighted by Gasteiger charge is -2.15. The number of carbonyl (C=O) groups excluding carboxylic acids is 3. The SMILES string of the molecule is CCOc1cc(/C=C2\SC(NC(C)=O)=NC2=O)cc(Br)c1OCC(=O)Nc1ccccc1. The quantitative estimate of drug-likeness (QED) is 0.538. The number of rotatable bonds is 7. The fraction of sp³-hybridized carbons (Fsp3) is 0.182. The summed E-state index contributed by atoms with van der Waals surface area (Å²) in [7, 11) is 0. The van der Waals surface area contributed by atoms with Crippen LogP contribution in [-0.4, -0.2) is 36.1 Å². The highest BCUT2D eigenvalue weighted by Crippen LogP contribution is 2.38. The lowest BCUT2D eigenvalue weighted by molar-refractivity contribution is -0.118. The molecule has 2 aromatic carbocycles. The number of hydrogen-bond donors (Lipinski definition) is 2. The predicted octanol–water partition coefficient (Wildman–Crippen LogP) is 3.97. The Morgan fingerprint density at radius 3 is 2.59 bits per heavy atom. The van der Waals surface area contributed by atoms with Gasteiger partial charge in [-0.3, -0.25) is 14.4 Å². The summed E-state index contributed by atoms with van der Waals surface area (Å²) in [6.45, 7) is 3.34. The summed E-state index contributed by atoms with van der Waals surface area (Å²) in [6, 6.07) is 12.5. The van der Waals surface area contributed by atoms with E-state index in [9.17, 15) is 14.4 Å². The fourth-order valence-electron chi connectivity index (χ4n) is 2.70. The molecule has 1 aliphatic heterocycles. The van der Waals surface area contributed by atoms with Gasteiger partial charge in [0.05, 0.1) is 16.0 Å². The summed E-state index contributed by atoms with van der Waals surface area (Å²) >= 11 is 4.53. The monoisotopic (exact) mass is 517 g/mol. The minimum Gasteiger partial charge on any atom is -0.490 e. The number of hydrogen-bond acceptors (Lipinski definition) is 6. The molecule has 2 N–H and O–H groups in total. The molecule has 3 rings (SSSR count). The smallest absolute Gasteiger partial charge is 0.286 e. The summed E-state index contributed by atoms with van der Waals surface area (Å²) in [4.78, 5) is 39.7. The van der Waals surface area contributed by atoms with E-state index in [2.05, 4.69) is 31.6 Å². The van der Waals surface area contributed by atoms with Gasteiger partial charge >= 0.3 is 0 Å². The van der Waals surface area contributed by atoms with Crippen LogP contribution in [0.5, 0.6) is 11.5 Å². The first-order valence-corrected chi connectivity index (χ1v) is 11.2. The van der Waals surface area contributed by atoms with E-state index in [-0.39, 0.29) is 23.6 Å². The highest BCUT2D eigenvalue weighted by Gasteiger charge is 2.23. The standard InChI is InChI=1S/C22H20BrN3O5S/c1-3-30-17-10-14(11-18-21(29)26-22(32-18)24-13(2)27)9-16(23)20(17)31-12-19(28)25-15-7-5-4-6-8-15/h4-11H,3,12H2,1-2H3,(H,25,28)(H,24,26,27,29)/b18-11-. The molecule has 166 valence electrons. The number of anilines is 1. The van der Waals surface area contributed by atoms with E-state index >= 15 is 0 Å². The topological polar surface area (TPSA) is 106 Å². The second-order valence-corrected chi connectivity index (χ2v) is 8.36. The molecule has 3 amide bonds. The average molecular weight is 518 g/mol. The molecular weight excluding hydrogens is 498 g/mol. The highest BCUT2D eigenvalue weighted by molar-refractivity contribution is 9.10. The molecule has 0 aliphatic carbocycles. The van der Waals surface area contributed by atoms with Gasteiger partial charge in [0.2, 0.25) is 5.91 Å². The van der Waals surface area contributed by atoms with Crippen molar-refractivity contribution in [1.29, 1.82) is 0 Å². The van der Waals surface area contributed by atoms with Gasteiger partial charge < -0.3 is 20.1 Å². The van der Waals surface area contributed by atoms with Crippen LogP contribution >= 0.6 is 27.7 Å². The number of nitrogens with one attached hydrogen (secondary N) is 2. The Kier molecular flexibility index (Phi) is 8.07. The summed E-state index contributed by atoms with van der Waals surface area (Å²) in [5, 5.41) is 5.50. The molecule has 0 spiro atoms. The van der Waals surface area contributed by atoms with Crippen molar-refractivity contribution >= 4 is 62.3 Å². The van der Waals surface area contributed by atoms with Crippen molar-refractivity contribution in [2.24, 2.45) is 4.99 Å². The van der Waals surface area contributed by atoms with Gasteiger partial charge in [0.25, 0.3) is 11.8 Å². The van der Waals surface area contributed by atoms with E-state index in [1.54, 1.807) is 30.3 Å². The normalized spacial score (nSPS) is 14.2. The molecule has 0 radical (unpaired) electrons. The molecule has 0 unspecified atom stereocenters. The van der Waals surface area contributed by atoms with Gasteiger partial charge in [-0.2, -0.15) is 4.99 Å². The molecular formula is C22H20BrN3O5S. The molecule has 0 saturated heterocycles. The zero-order valence-corrected chi connectivity index (χ0v) is 19.7. The first-order valence-electron chi connectivity index (χ1n) is 9.60. The third-order valence-corrected chi connectivity index (χ3v) is 5.43. The molecule has 1 aliphatic rings. The van der Waals surface area contributed by atoms with Gasteiger partial charge in [-0.15, -0.1) is 0 Å². The summed E-state index contributed by atoms with van der Waals surface area (Å²) < 4.78 is 12.0. The van der Waals surface area contributed by atoms with Crippen molar-refractivity contribution in [2.45, 2.75) is 13.8 Å². The minimum absolute atomic E-state index is 0.212. The number of halogens is 1. The molecule has 0 aromatic heterocycles. The van der Waals surface area contributed by atoms with Crippen molar-refractivity contribution in [3.8, 4) is 11.5 Å². The van der Waals surface area contributed by atoms with Crippen molar-refractivity contribution in [1.82, 2.24) is 5.32 Å². The third-order valence-electron chi connectivity index (χ3n) is 3.94. The summed E-state index contributed by atoms with van der Waals surface area (Å²) in [5.41, 5.74) is 1.34. The molecule has 32 heavy (non-hydrogen) atoms. The Hall–Kier alpha value is -3.11. The molecule has 8 nitrogen and oxygen atoms in total. The maximum absolute atomic E-state index is 12.2. The van der Waals surface area contributed by atoms with Crippen LogP contribution in [0.25, 0.3) is 6.08 Å². The molecule has 0 bridgehead atoms. The number of aliphatic imine (C=N–C) groups is 1. The van der Waals surface area contributed by atoms with Crippen LogP contribution in [0.1, 0.15) is 19.4 Å². The third kappa shape index (κ3) is 6.44. The van der Waals surface area contributed by atoms with Crippen molar-refractivity contribution < 1.29 is 23.9 Å². The van der Waals surface area contributed by atoms with E-state index < -0.39 is 5.91 Å². The fourth-order valence-corrected chi connectivity index (χ4v) is 4.13. The predicted molar refractivity (Wildman–Crippen MR) is 128 cm³/mol. The zero-order valence-electron chi connectivity index (χ0n) is 17.3. The van der Waals surface area contributed by atoms with Gasteiger partial charge in [-0.05, 0) is 70.5 Å². The van der Waals surface area contributed by atoms with Gasteiger partial charge in [-0.1, -0.05) is 18.2 Å². The Morgan fingerprint density at radius 2 is 1.91 bits per heavy atom. The number of benzene rings is 2. The highest BCUT2D eigenvalue weighted by atomic mass is 79.9. The number of thioether (sulfide) groups is 1. The van der Waals surface area contributed by atoms with Crippen molar-refractivity contribution in [2.75, 3.05) is 18.5 Å². The van der Waals surface area contributed by atoms with E-state index in [0.29, 0.717) is 38.7 Å². The molecule has 0 atom stereocenters. The molecule has 10 heteroatoms. The zero-order chi connectivity index (χ0) is 23.1. The maximum atomic E-state index is 12.2. The van der Waals surface area contributed by atoms with Crippen LogP contribution in [-0.2, 0) is 14.4 Å². The van der Waals surface area contributed by atoms with Crippen LogP contribution in [0.3, 0.4) is 0 Å². The Balaban J connectivity index is 1.74. The van der Waals surface area contributed by atoms with Crippen LogP contribution in [0, 0.1) is 0 Å². The summed E-state index contributed by atoms with van der Waals surface area (Å²) in [6.07, 6.45) is 1.64. The Morgan fingerprint density at radius 1 is 1.16 bits per heavy atom. The van der Waals surface area contributed by atoms with Crippen LogP contribution < -0.4 is 20.1 Å². The van der Waals surface area contributed by atoms with Crippen LogP contribution in [0.2, 0.25) is 0 Å². The maximum Gasteiger partial charge on any atom is 0.286 e. The second-order valence-electron chi connectivity index (χ2n) is 6.48. The lowest BCUT2D eigenvalue weighted by atomic mass is 10.2. The first kappa shape index (κ1) is 23.6. The van der Waals surface area contributed by atoms with Gasteiger partial charge in [-0.25, -0.2) is 0 Å². The number of nitrogens with zero attached hydrogens (tertiary/aromatic N) is 1. The van der Waals surface area contributed by atoms with Crippen molar-refractivity contribution in [3.05, 3.63) is 57.4 Å². The number of amides is 3.